The maximum absolute atomic E-state index is 14.1. The van der Waals surface area contributed by atoms with Gasteiger partial charge < -0.3 is 56.6 Å². The number of H-pyrrole nitrogens is 2. The second-order valence-electron chi connectivity index (χ2n) is 36.9. The summed E-state index contributed by atoms with van der Waals surface area (Å²) in [7, 11) is 0. The maximum atomic E-state index is 14.1. The number of hydrogen-bond acceptors (Lipinski definition) is 18. The van der Waals surface area contributed by atoms with E-state index in [-0.39, 0.29) is 101 Å². The molecule has 0 aliphatic carbocycles. The van der Waals surface area contributed by atoms with Crippen LogP contribution in [0, 0.1) is 35.5 Å². The molecule has 12 rings (SSSR count). The van der Waals surface area contributed by atoms with E-state index in [1.54, 1.807) is 69.3 Å². The monoisotopic (exact) mass is 1840 g/mol. The molecule has 6 aliphatic rings. The Morgan fingerprint density at radius 2 is 0.689 bits per heavy atom. The highest BCUT2D eigenvalue weighted by Crippen LogP contribution is 2.36. The Morgan fingerprint density at radius 1 is 0.379 bits per heavy atom. The number of aromatic amines is 2. The number of hydrogen-bond donors (Lipinski definition) is 8. The predicted molar refractivity (Wildman–Crippen MR) is 505 cm³/mol. The first kappa shape index (κ1) is 103. The van der Waals surface area contributed by atoms with E-state index in [0.717, 1.165) is 64.2 Å². The van der Waals surface area contributed by atoms with Gasteiger partial charge in [-0.3, -0.25) is 86.5 Å². The van der Waals surface area contributed by atoms with Crippen LogP contribution in [0.4, 0.5) is 0 Å². The Balaban J connectivity index is 0.000000205. The topological polar surface area (TPSA) is 417 Å². The lowest BCUT2D eigenvalue weighted by atomic mass is 9.87. The van der Waals surface area contributed by atoms with Crippen molar-refractivity contribution in [3.05, 3.63) is 134 Å². The van der Waals surface area contributed by atoms with Gasteiger partial charge in [0.25, 0.3) is 0 Å². The summed E-state index contributed by atoms with van der Waals surface area (Å²) in [5.74, 6) is -6.84. The van der Waals surface area contributed by atoms with Crippen LogP contribution in [0.25, 0.3) is 32.7 Å². The second-order valence-corrected chi connectivity index (χ2v) is 37.3. The molecular weight excluding hydrogens is 1700 g/mol. The van der Waals surface area contributed by atoms with E-state index in [4.69, 9.17) is 11.6 Å². The fourth-order valence-corrected chi connectivity index (χ4v) is 19.3. The number of fused-ring (bicyclic) bond motifs is 6. The Hall–Kier alpha value is -11.0. The van der Waals surface area contributed by atoms with Crippen LogP contribution in [-0.2, 0) is 71.9 Å². The van der Waals surface area contributed by atoms with Gasteiger partial charge in [0.15, 0.2) is 28.2 Å². The van der Waals surface area contributed by atoms with E-state index in [0.29, 0.717) is 191 Å². The number of amides is 9. The minimum Gasteiger partial charge on any atom is -0.361 e. The number of Topliss-reactive ketones (excluding diaryl/α,β-unsaturated/α-hetero) is 6. The fraction of sp³-hybridized carbons (Fsp3) is 0.588. The highest BCUT2D eigenvalue weighted by atomic mass is 35.5. The zero-order chi connectivity index (χ0) is 95.4. The predicted octanol–water partition coefficient (Wildman–Crippen LogP) is 13.7. The minimum atomic E-state index is -1.37. The molecular formula is C102H137ClN12O17. The Kier molecular flexibility index (Phi) is 39.2. The number of rotatable bonds is 30. The number of carbonyl (C=O) groups excluding carboxylic acids is 15. The molecule has 29 nitrogen and oxygen atoms in total. The molecule has 0 radical (unpaired) electrons. The molecule has 6 aliphatic heterocycles. The molecule has 6 aromatic rings. The third-order valence-electron chi connectivity index (χ3n) is 27.9. The first-order valence-electron chi connectivity index (χ1n) is 48.6. The molecule has 714 valence electrons. The van der Waals surface area contributed by atoms with Crippen molar-refractivity contribution < 1.29 is 71.9 Å². The Morgan fingerprint density at radius 3 is 1.02 bits per heavy atom. The highest BCUT2D eigenvalue weighted by molar-refractivity contribution is 6.36. The molecule has 0 bridgehead atoms. The van der Waals surface area contributed by atoms with E-state index in [2.05, 4.69) is 46.9 Å². The van der Waals surface area contributed by atoms with Crippen LogP contribution in [0.1, 0.15) is 309 Å². The molecule has 9 heterocycles. The van der Waals surface area contributed by atoms with E-state index >= 15 is 0 Å². The van der Waals surface area contributed by atoms with Gasteiger partial charge in [0, 0.05) is 158 Å². The van der Waals surface area contributed by atoms with Gasteiger partial charge in [0.1, 0.15) is 53.6 Å². The molecule has 0 unspecified atom stereocenters. The average Bonchev–Trinajstić information content (AvgIpc) is 0.783. The minimum absolute atomic E-state index is 0.0276. The summed E-state index contributed by atoms with van der Waals surface area (Å²) in [5.41, 5.74) is 1.47. The number of halogens is 1. The third kappa shape index (κ3) is 26.5. The van der Waals surface area contributed by atoms with E-state index < -0.39 is 118 Å². The van der Waals surface area contributed by atoms with Crippen molar-refractivity contribution in [2.24, 2.45) is 35.5 Å². The van der Waals surface area contributed by atoms with Crippen LogP contribution < -0.4 is 42.8 Å². The molecule has 132 heavy (non-hydrogen) atoms. The maximum Gasteiger partial charge on any atom is 0.248 e. The summed E-state index contributed by atoms with van der Waals surface area (Å²) in [6, 6.07) is 12.6. The van der Waals surface area contributed by atoms with Crippen molar-refractivity contribution >= 4 is 132 Å². The van der Waals surface area contributed by atoms with Crippen LogP contribution in [0.15, 0.2) is 101 Å². The molecule has 6 saturated heterocycles. The van der Waals surface area contributed by atoms with Gasteiger partial charge in [-0.1, -0.05) is 174 Å². The number of nitrogens with zero attached hydrogens (tertiary/aromatic N) is 4. The summed E-state index contributed by atoms with van der Waals surface area (Å²) in [5, 5.41) is 18.9. The van der Waals surface area contributed by atoms with Crippen molar-refractivity contribution in [3.63, 3.8) is 0 Å². The normalized spacial score (nSPS) is 24.1. The number of carbonyl (C=O) groups is 15. The van der Waals surface area contributed by atoms with E-state index in [1.807, 2.05) is 80.5 Å². The van der Waals surface area contributed by atoms with Crippen LogP contribution >= 0.6 is 11.6 Å². The number of benzene rings is 3. The molecule has 0 spiro atoms. The van der Waals surface area contributed by atoms with Gasteiger partial charge in [0.2, 0.25) is 53.2 Å². The summed E-state index contributed by atoms with van der Waals surface area (Å²) < 4.78 is 0. The lowest BCUT2D eigenvalue weighted by molar-refractivity contribution is -0.147. The molecule has 6 fully saturated rings. The van der Waals surface area contributed by atoms with Crippen molar-refractivity contribution in [1.82, 2.24) is 61.6 Å². The summed E-state index contributed by atoms with van der Waals surface area (Å²) in [6.45, 7) is 18.2. The number of nitrogens with one attached hydrogen (secondary N) is 8. The molecule has 30 heteroatoms. The molecule has 9 amide bonds. The molecule has 0 saturated carbocycles. The second kappa shape index (κ2) is 50.2. The van der Waals surface area contributed by atoms with Gasteiger partial charge in [-0.05, 0) is 144 Å². The lowest BCUT2D eigenvalue weighted by Gasteiger charge is -2.39. The summed E-state index contributed by atoms with van der Waals surface area (Å²) in [6.07, 6.45) is 22.7. The van der Waals surface area contributed by atoms with Crippen molar-refractivity contribution in [3.8, 4) is 0 Å². The van der Waals surface area contributed by atoms with Crippen molar-refractivity contribution in [1.29, 1.82) is 0 Å². The Bertz CT molecular complexity index is 5050. The van der Waals surface area contributed by atoms with E-state index in [9.17, 15) is 81.5 Å². The first-order chi connectivity index (χ1) is 63.5. The van der Waals surface area contributed by atoms with Crippen LogP contribution in [0.3, 0.4) is 0 Å². The van der Waals surface area contributed by atoms with Gasteiger partial charge in [-0.15, -0.1) is 0 Å². The number of ketones is 6. The quantitative estimate of drug-likeness (QED) is 0.0194. The number of unbranched alkanes of at least 4 members (excludes halogenated alkanes) is 6. The summed E-state index contributed by atoms with van der Waals surface area (Å²) in [4.78, 5) is 245. The molecule has 3 aromatic carbocycles. The standard InChI is InChI=1S/C34H45ClN4O5.2C34H46N4O6/c1-4-21(3)30-34(44)39-18-12-11-17-27(39)28(41)19-22(13-7-6-8-14-23(40)5-2)32(42)38-31(33(43)37-30)25-20-36-26-16-10-9-15-24(26)29(25)35;2*1-4-21(3)29-34(44)38-18-12-11-17-27(38)28(40)19-22(13-7-6-8-14-23(39)5-2)32(42)37-30(33(43)36-29)25-20-35-26-16-10-9-15-24(26)31(25)41/h9-10,15-16,20-22,27,30-31H,4-8,11-14,17-19H2,1-3H3,(H,37,43)(H,38,42);2*9-10,15-16,20-22,27,29-30H,4-8,11-14,17-19H2,1-3H3,(H,35,41)(H,36,43)(H,37,42)/t21-,22-,27-,30+,31-;21-,22-,27-,29+,30+;21-,22-,27-,29+,30-/m111/s1. The van der Waals surface area contributed by atoms with Crippen molar-refractivity contribution in [2.45, 2.75) is 329 Å². The number of para-hydroxylation sites is 3. The zero-order valence-electron chi connectivity index (χ0n) is 78.4. The molecule has 8 N–H and O–H groups in total. The smallest absolute Gasteiger partial charge is 0.248 e. The van der Waals surface area contributed by atoms with Gasteiger partial charge in [-0.25, -0.2) is 0 Å². The number of pyridine rings is 3. The van der Waals surface area contributed by atoms with Crippen LogP contribution in [0.2, 0.25) is 5.02 Å². The van der Waals surface area contributed by atoms with Crippen LogP contribution in [0.5, 0.6) is 0 Å². The van der Waals surface area contributed by atoms with Gasteiger partial charge in [0.05, 0.1) is 28.7 Å². The SMILES string of the molecule is CCC(=O)CCCCC[C@@H]1CC(=O)[C@H]2CCCCN2C(=O)[C@H]([C@H](C)CC)NC(=O)[C@@H](c2c[nH]c3ccccc3c2=O)NC1=O.CCC(=O)CCCCC[C@@H]1CC(=O)[C@H]2CCCCN2C(=O)[C@H]([C@H](C)CC)NC(=O)[C@@H](c2cnc3ccccc3c2Cl)NC1=O.CCC(=O)CCCCC[C@@H]1CC(=O)[C@H]2CCCCN2C(=O)[C@H]([C@H](C)CC)NC(=O)[C@H](c2c[nH]c3ccccc3c2=O)NC1=O. The Labute approximate surface area is 778 Å². The largest absolute Gasteiger partial charge is 0.361 e. The highest BCUT2D eigenvalue weighted by Gasteiger charge is 2.47. The van der Waals surface area contributed by atoms with E-state index in [1.165, 1.54) is 18.6 Å². The first-order valence-corrected chi connectivity index (χ1v) is 49.0. The lowest BCUT2D eigenvalue weighted by Crippen LogP contribution is -2.59. The number of piperidine rings is 3. The fourth-order valence-electron chi connectivity index (χ4n) is 19.0. The third-order valence-corrected chi connectivity index (χ3v) is 28.3. The van der Waals surface area contributed by atoms with Gasteiger partial charge >= 0.3 is 0 Å². The summed E-state index contributed by atoms with van der Waals surface area (Å²) >= 11 is 6.85. The van der Waals surface area contributed by atoms with Crippen molar-refractivity contribution in [2.75, 3.05) is 19.6 Å². The van der Waals surface area contributed by atoms with Gasteiger partial charge in [-0.2, -0.15) is 0 Å². The number of aromatic nitrogens is 3. The van der Waals surface area contributed by atoms with Crippen LogP contribution in [-0.4, -0.2) is 173 Å². The average molecular weight is 1840 g/mol. The zero-order valence-corrected chi connectivity index (χ0v) is 79.1. The molecule has 3 aromatic heterocycles. The molecule has 15 atom stereocenters.